The summed E-state index contributed by atoms with van der Waals surface area (Å²) in [6.45, 7) is -1.68. The van der Waals surface area contributed by atoms with Gasteiger partial charge in [-0.1, -0.05) is 6.07 Å². The largest absolute Gasteiger partial charge is 0.435 e. The molecular formula is C15H21ClF2N2O2. The summed E-state index contributed by atoms with van der Waals surface area (Å²) in [6.07, 6.45) is 3.75. The molecule has 7 heteroatoms. The summed E-state index contributed by atoms with van der Waals surface area (Å²) in [5, 5.41) is 0. The van der Waals surface area contributed by atoms with Gasteiger partial charge in [0.25, 0.3) is 5.91 Å². The SMILES string of the molecule is Cl.NCCC1CCCCN1C(=O)c1cccc(OC(F)F)c1. The van der Waals surface area contributed by atoms with Crippen molar-refractivity contribution < 1.29 is 18.3 Å². The predicted molar refractivity (Wildman–Crippen MR) is 82.7 cm³/mol. The topological polar surface area (TPSA) is 55.6 Å². The van der Waals surface area contributed by atoms with Gasteiger partial charge in [0.15, 0.2) is 0 Å². The van der Waals surface area contributed by atoms with Gasteiger partial charge in [0.2, 0.25) is 0 Å². The fourth-order valence-electron chi connectivity index (χ4n) is 2.73. The van der Waals surface area contributed by atoms with Crippen molar-refractivity contribution in [3.05, 3.63) is 29.8 Å². The van der Waals surface area contributed by atoms with E-state index >= 15 is 0 Å². The zero-order chi connectivity index (χ0) is 15.2. The Balaban J connectivity index is 0.00000242. The van der Waals surface area contributed by atoms with Gasteiger partial charge in [-0.2, -0.15) is 8.78 Å². The maximum atomic E-state index is 12.6. The lowest BCUT2D eigenvalue weighted by Crippen LogP contribution is -2.44. The minimum Gasteiger partial charge on any atom is -0.435 e. The Morgan fingerprint density at radius 2 is 2.18 bits per heavy atom. The first-order valence-corrected chi connectivity index (χ1v) is 7.17. The Hall–Kier alpha value is -1.40. The van der Waals surface area contributed by atoms with Crippen LogP contribution in [-0.4, -0.2) is 36.5 Å². The Kier molecular flexibility index (Phi) is 7.55. The van der Waals surface area contributed by atoms with E-state index in [0.717, 1.165) is 25.7 Å². The molecule has 22 heavy (non-hydrogen) atoms. The van der Waals surface area contributed by atoms with Crippen LogP contribution < -0.4 is 10.5 Å². The molecule has 1 atom stereocenters. The smallest absolute Gasteiger partial charge is 0.387 e. The molecule has 0 radical (unpaired) electrons. The maximum Gasteiger partial charge on any atom is 0.387 e. The summed E-state index contributed by atoms with van der Waals surface area (Å²) in [4.78, 5) is 14.4. The normalized spacial score (nSPS) is 18.0. The highest BCUT2D eigenvalue weighted by Crippen LogP contribution is 2.23. The number of rotatable bonds is 5. The zero-order valence-corrected chi connectivity index (χ0v) is 13.0. The van der Waals surface area contributed by atoms with Crippen LogP contribution in [0, 0.1) is 0 Å². The third-order valence-corrected chi connectivity index (χ3v) is 3.69. The van der Waals surface area contributed by atoms with Crippen molar-refractivity contribution in [3.8, 4) is 5.75 Å². The molecule has 1 aromatic carbocycles. The van der Waals surface area contributed by atoms with Crippen LogP contribution in [0.15, 0.2) is 24.3 Å². The summed E-state index contributed by atoms with van der Waals surface area (Å²) in [6, 6.07) is 6.08. The van der Waals surface area contributed by atoms with E-state index < -0.39 is 6.61 Å². The molecule has 1 heterocycles. The Morgan fingerprint density at radius 3 is 2.86 bits per heavy atom. The van der Waals surface area contributed by atoms with Gasteiger partial charge >= 0.3 is 6.61 Å². The number of likely N-dealkylation sites (tertiary alicyclic amines) is 1. The third-order valence-electron chi connectivity index (χ3n) is 3.69. The fourth-order valence-corrected chi connectivity index (χ4v) is 2.73. The first kappa shape index (κ1) is 18.6. The van der Waals surface area contributed by atoms with Gasteiger partial charge in [-0.05, 0) is 50.4 Å². The number of ether oxygens (including phenoxy) is 1. The van der Waals surface area contributed by atoms with E-state index in [2.05, 4.69) is 4.74 Å². The van der Waals surface area contributed by atoms with Crippen molar-refractivity contribution in [3.63, 3.8) is 0 Å². The van der Waals surface area contributed by atoms with Crippen molar-refractivity contribution in [2.75, 3.05) is 13.1 Å². The van der Waals surface area contributed by atoms with E-state index in [4.69, 9.17) is 5.73 Å². The molecule has 124 valence electrons. The van der Waals surface area contributed by atoms with Gasteiger partial charge in [0, 0.05) is 18.2 Å². The van der Waals surface area contributed by atoms with Crippen LogP contribution in [0.4, 0.5) is 8.78 Å². The summed E-state index contributed by atoms with van der Waals surface area (Å²) >= 11 is 0. The molecule has 0 aliphatic carbocycles. The second-order valence-electron chi connectivity index (χ2n) is 5.13. The second kappa shape index (κ2) is 8.90. The van der Waals surface area contributed by atoms with Crippen LogP contribution in [0.1, 0.15) is 36.0 Å². The number of amides is 1. The number of halogens is 3. The van der Waals surface area contributed by atoms with Crippen LogP contribution >= 0.6 is 12.4 Å². The van der Waals surface area contributed by atoms with Crippen molar-refractivity contribution >= 4 is 18.3 Å². The molecule has 1 unspecified atom stereocenters. The van der Waals surface area contributed by atoms with Gasteiger partial charge in [-0.25, -0.2) is 0 Å². The molecule has 1 saturated heterocycles. The van der Waals surface area contributed by atoms with Crippen LogP contribution in [0.5, 0.6) is 5.75 Å². The number of hydrogen-bond donors (Lipinski definition) is 1. The minimum atomic E-state index is -2.89. The minimum absolute atomic E-state index is 0. The van der Waals surface area contributed by atoms with Crippen LogP contribution in [0.25, 0.3) is 0 Å². The first-order valence-electron chi connectivity index (χ1n) is 7.17. The van der Waals surface area contributed by atoms with Gasteiger partial charge in [0.05, 0.1) is 0 Å². The maximum absolute atomic E-state index is 12.6. The van der Waals surface area contributed by atoms with Gasteiger partial charge < -0.3 is 15.4 Å². The van der Waals surface area contributed by atoms with E-state index in [1.807, 2.05) is 0 Å². The Bertz CT molecular complexity index is 486. The highest BCUT2D eigenvalue weighted by molar-refractivity contribution is 5.94. The van der Waals surface area contributed by atoms with Gasteiger partial charge in [0.1, 0.15) is 5.75 Å². The number of hydrogen-bond acceptors (Lipinski definition) is 3. The summed E-state index contributed by atoms with van der Waals surface area (Å²) in [7, 11) is 0. The standard InChI is InChI=1S/C15H20F2N2O2.ClH/c16-15(17)21-13-6-3-4-11(10-13)14(20)19-9-2-1-5-12(19)7-8-18;/h3-4,6,10,12,15H,1-2,5,7-9,18H2;1H. The molecule has 1 amide bonds. The number of benzene rings is 1. The lowest BCUT2D eigenvalue weighted by molar-refractivity contribution is -0.0499. The Labute approximate surface area is 135 Å². The second-order valence-corrected chi connectivity index (χ2v) is 5.13. The molecule has 0 aromatic heterocycles. The summed E-state index contributed by atoms with van der Waals surface area (Å²) < 4.78 is 28.8. The molecule has 0 bridgehead atoms. The van der Waals surface area contributed by atoms with Crippen molar-refractivity contribution in [2.45, 2.75) is 38.3 Å². The average molecular weight is 335 g/mol. The highest BCUT2D eigenvalue weighted by Gasteiger charge is 2.27. The van der Waals surface area contributed by atoms with E-state index in [9.17, 15) is 13.6 Å². The van der Waals surface area contributed by atoms with Gasteiger partial charge in [-0.3, -0.25) is 4.79 Å². The quantitative estimate of drug-likeness (QED) is 0.900. The molecule has 4 nitrogen and oxygen atoms in total. The van der Waals surface area contributed by atoms with Crippen LogP contribution in [0.2, 0.25) is 0 Å². The van der Waals surface area contributed by atoms with Crippen molar-refractivity contribution in [1.82, 2.24) is 4.90 Å². The summed E-state index contributed by atoms with van der Waals surface area (Å²) in [5.74, 6) is -0.142. The molecule has 2 rings (SSSR count). The molecule has 2 N–H and O–H groups in total. The van der Waals surface area contributed by atoms with E-state index in [1.165, 1.54) is 12.1 Å². The molecular weight excluding hydrogens is 314 g/mol. The molecule has 1 fully saturated rings. The van der Waals surface area contributed by atoms with Gasteiger partial charge in [-0.15, -0.1) is 12.4 Å². The molecule has 1 aliphatic heterocycles. The zero-order valence-electron chi connectivity index (χ0n) is 12.2. The highest BCUT2D eigenvalue weighted by atomic mass is 35.5. The van der Waals surface area contributed by atoms with E-state index in [0.29, 0.717) is 18.7 Å². The van der Waals surface area contributed by atoms with E-state index in [-0.39, 0.29) is 30.1 Å². The first-order chi connectivity index (χ1) is 10.1. The number of alkyl halides is 2. The van der Waals surface area contributed by atoms with Crippen LogP contribution in [-0.2, 0) is 0 Å². The predicted octanol–water partition coefficient (Wildman–Crippen LogP) is 3.05. The van der Waals surface area contributed by atoms with Crippen molar-refractivity contribution in [2.24, 2.45) is 5.73 Å². The molecule has 1 aromatic rings. The van der Waals surface area contributed by atoms with Crippen LogP contribution in [0.3, 0.4) is 0 Å². The average Bonchev–Trinajstić information content (AvgIpc) is 2.47. The Morgan fingerprint density at radius 1 is 1.41 bits per heavy atom. The number of nitrogens with zero attached hydrogens (tertiary/aromatic N) is 1. The number of piperidine rings is 1. The summed E-state index contributed by atoms with van der Waals surface area (Å²) in [5.41, 5.74) is 5.97. The third kappa shape index (κ3) is 4.81. The number of carbonyl (C=O) groups is 1. The molecule has 0 saturated carbocycles. The molecule has 1 aliphatic rings. The fraction of sp³-hybridized carbons (Fsp3) is 0.533. The van der Waals surface area contributed by atoms with E-state index in [1.54, 1.807) is 17.0 Å². The monoisotopic (exact) mass is 334 g/mol. The molecule has 0 spiro atoms. The lowest BCUT2D eigenvalue weighted by Gasteiger charge is -2.35. The van der Waals surface area contributed by atoms with Crippen molar-refractivity contribution in [1.29, 1.82) is 0 Å². The number of carbonyl (C=O) groups excluding carboxylic acids is 1. The lowest BCUT2D eigenvalue weighted by atomic mass is 9.98. The number of nitrogens with two attached hydrogens (primary N) is 1.